The van der Waals surface area contributed by atoms with Gasteiger partial charge in [-0.15, -0.1) is 6.58 Å². The summed E-state index contributed by atoms with van der Waals surface area (Å²) in [5, 5.41) is 0. The monoisotopic (exact) mass is 349 g/mol. The average molecular weight is 349 g/mol. The lowest BCUT2D eigenvalue weighted by atomic mass is 9.92. The van der Waals surface area contributed by atoms with E-state index in [9.17, 15) is 8.42 Å². The Labute approximate surface area is 145 Å². The molecule has 0 N–H and O–H groups in total. The van der Waals surface area contributed by atoms with Crippen LogP contribution >= 0.6 is 0 Å². The van der Waals surface area contributed by atoms with E-state index in [0.717, 1.165) is 32.1 Å². The molecule has 1 saturated heterocycles. The minimum Gasteiger partial charge on any atom is -0.377 e. The van der Waals surface area contributed by atoms with Crippen LogP contribution in [-0.2, 0) is 27.6 Å². The molecule has 3 rings (SSSR count). The number of hydrogen-bond acceptors (Lipinski definition) is 3. The highest BCUT2D eigenvalue weighted by molar-refractivity contribution is 7.89. The van der Waals surface area contributed by atoms with E-state index in [1.54, 1.807) is 16.4 Å². The van der Waals surface area contributed by atoms with E-state index in [0.29, 0.717) is 37.1 Å². The molecule has 0 radical (unpaired) electrons. The lowest BCUT2D eigenvalue weighted by molar-refractivity contribution is 0.0982. The fourth-order valence-corrected chi connectivity index (χ4v) is 5.17. The van der Waals surface area contributed by atoms with E-state index in [1.165, 1.54) is 17.5 Å². The first-order valence-corrected chi connectivity index (χ1v) is 10.4. The fourth-order valence-electron chi connectivity index (χ4n) is 3.65. The molecule has 0 saturated carbocycles. The molecule has 0 spiro atoms. The number of ether oxygens (including phenoxy) is 1. The molecule has 0 amide bonds. The molecule has 0 atom stereocenters. The third kappa shape index (κ3) is 3.90. The predicted molar refractivity (Wildman–Crippen MR) is 95.6 cm³/mol. The van der Waals surface area contributed by atoms with Crippen molar-refractivity contribution < 1.29 is 13.2 Å². The molecule has 2 aliphatic rings. The van der Waals surface area contributed by atoms with Gasteiger partial charge in [-0.3, -0.25) is 0 Å². The Morgan fingerprint density at radius 2 is 1.88 bits per heavy atom. The van der Waals surface area contributed by atoms with Crippen molar-refractivity contribution >= 4 is 10.0 Å². The molecule has 0 unspecified atom stereocenters. The molecule has 0 aromatic heterocycles. The number of sulfonamides is 1. The molecule has 1 fully saturated rings. The van der Waals surface area contributed by atoms with Crippen molar-refractivity contribution in [2.24, 2.45) is 5.92 Å². The van der Waals surface area contributed by atoms with Gasteiger partial charge in [-0.2, -0.15) is 4.31 Å². The summed E-state index contributed by atoms with van der Waals surface area (Å²) in [4.78, 5) is 0.463. The summed E-state index contributed by atoms with van der Waals surface area (Å²) in [5.41, 5.74) is 2.54. The number of benzene rings is 1. The lowest BCUT2D eigenvalue weighted by Gasteiger charge is -2.31. The van der Waals surface area contributed by atoms with Gasteiger partial charge >= 0.3 is 0 Å². The first-order valence-electron chi connectivity index (χ1n) is 8.92. The van der Waals surface area contributed by atoms with Crippen LogP contribution in [0.25, 0.3) is 0 Å². The summed E-state index contributed by atoms with van der Waals surface area (Å²) < 4.78 is 33.0. The highest BCUT2D eigenvalue weighted by Gasteiger charge is 2.30. The van der Waals surface area contributed by atoms with E-state index in [1.807, 2.05) is 12.1 Å². The zero-order valence-electron chi connectivity index (χ0n) is 14.2. The summed E-state index contributed by atoms with van der Waals surface area (Å²) >= 11 is 0. The smallest absolute Gasteiger partial charge is 0.243 e. The van der Waals surface area contributed by atoms with Crippen molar-refractivity contribution in [2.75, 3.05) is 26.3 Å². The van der Waals surface area contributed by atoms with Gasteiger partial charge in [0.1, 0.15) is 0 Å². The van der Waals surface area contributed by atoms with Crippen LogP contribution in [0.1, 0.15) is 36.8 Å². The third-order valence-electron chi connectivity index (χ3n) is 5.12. The normalized spacial score (nSPS) is 19.8. The Balaban J connectivity index is 1.65. The van der Waals surface area contributed by atoms with Crippen LogP contribution in [0, 0.1) is 5.92 Å². The van der Waals surface area contributed by atoms with Crippen molar-refractivity contribution in [1.29, 1.82) is 0 Å². The molecular formula is C19H27NO3S. The lowest BCUT2D eigenvalue weighted by Crippen LogP contribution is -2.39. The molecule has 1 aliphatic heterocycles. The van der Waals surface area contributed by atoms with Crippen LogP contribution in [0.15, 0.2) is 35.7 Å². The van der Waals surface area contributed by atoms with Gasteiger partial charge in [-0.25, -0.2) is 8.42 Å². The Kier molecular flexibility index (Phi) is 5.74. The van der Waals surface area contributed by atoms with Gasteiger partial charge in [-0.05, 0) is 67.7 Å². The SMILES string of the molecule is C=CCOCC1CCN(S(=O)(=O)c2ccc3c(c2)CCCC3)CC1. The topological polar surface area (TPSA) is 46.6 Å². The van der Waals surface area contributed by atoms with Crippen LogP contribution in [0.4, 0.5) is 0 Å². The molecule has 0 bridgehead atoms. The van der Waals surface area contributed by atoms with Gasteiger partial charge in [0.15, 0.2) is 0 Å². The number of piperidine rings is 1. The molecule has 132 valence electrons. The van der Waals surface area contributed by atoms with Gasteiger partial charge in [0, 0.05) is 19.7 Å². The molecule has 1 aromatic carbocycles. The maximum Gasteiger partial charge on any atom is 0.243 e. The number of nitrogens with zero attached hydrogens (tertiary/aromatic N) is 1. The fraction of sp³-hybridized carbons (Fsp3) is 0.579. The van der Waals surface area contributed by atoms with Crippen LogP contribution < -0.4 is 0 Å². The van der Waals surface area contributed by atoms with E-state index >= 15 is 0 Å². The Bertz CT molecular complexity index is 676. The third-order valence-corrected chi connectivity index (χ3v) is 7.02. The van der Waals surface area contributed by atoms with Gasteiger partial charge in [0.05, 0.1) is 11.5 Å². The van der Waals surface area contributed by atoms with Crippen molar-refractivity contribution in [1.82, 2.24) is 4.31 Å². The highest BCUT2D eigenvalue weighted by Crippen LogP contribution is 2.28. The van der Waals surface area contributed by atoms with Gasteiger partial charge in [0.25, 0.3) is 0 Å². The molecule has 1 heterocycles. The molecule has 4 nitrogen and oxygen atoms in total. The summed E-state index contributed by atoms with van der Waals surface area (Å²) in [6.45, 7) is 6.07. The number of rotatable bonds is 6. The summed E-state index contributed by atoms with van der Waals surface area (Å²) in [6.07, 6.45) is 7.92. The Morgan fingerprint density at radius 1 is 1.17 bits per heavy atom. The first-order chi connectivity index (χ1) is 11.6. The summed E-state index contributed by atoms with van der Waals surface area (Å²) in [7, 11) is -3.37. The van der Waals surface area contributed by atoms with E-state index < -0.39 is 10.0 Å². The molecule has 1 aromatic rings. The van der Waals surface area contributed by atoms with Crippen molar-refractivity contribution in [3.05, 3.63) is 42.0 Å². The average Bonchev–Trinajstić information content (AvgIpc) is 2.62. The van der Waals surface area contributed by atoms with E-state index in [2.05, 4.69) is 6.58 Å². The van der Waals surface area contributed by atoms with Gasteiger partial charge in [-0.1, -0.05) is 12.1 Å². The van der Waals surface area contributed by atoms with Gasteiger partial charge < -0.3 is 4.74 Å². The Hall–Kier alpha value is -1.17. The molecular weight excluding hydrogens is 322 g/mol. The second-order valence-electron chi connectivity index (χ2n) is 6.81. The molecule has 24 heavy (non-hydrogen) atoms. The zero-order valence-corrected chi connectivity index (χ0v) is 15.1. The number of aryl methyl sites for hydroxylation is 2. The van der Waals surface area contributed by atoms with Crippen LogP contribution in [0.2, 0.25) is 0 Å². The zero-order chi connectivity index (χ0) is 17.0. The minimum atomic E-state index is -3.37. The van der Waals surface area contributed by atoms with Crippen LogP contribution in [0.3, 0.4) is 0 Å². The minimum absolute atomic E-state index is 0.444. The van der Waals surface area contributed by atoms with Crippen molar-refractivity contribution in [3.8, 4) is 0 Å². The summed E-state index contributed by atoms with van der Waals surface area (Å²) in [6, 6.07) is 5.71. The second kappa shape index (κ2) is 7.81. The highest BCUT2D eigenvalue weighted by atomic mass is 32.2. The number of hydrogen-bond donors (Lipinski definition) is 0. The summed E-state index contributed by atoms with van der Waals surface area (Å²) in [5.74, 6) is 0.444. The standard InChI is InChI=1S/C19H27NO3S/c1-2-13-23-15-16-9-11-20(12-10-16)24(21,22)19-8-7-17-5-3-4-6-18(17)14-19/h2,7-8,14,16H,1,3-6,9-13,15H2. The largest absolute Gasteiger partial charge is 0.377 e. The van der Waals surface area contributed by atoms with Crippen LogP contribution in [-0.4, -0.2) is 39.0 Å². The van der Waals surface area contributed by atoms with E-state index in [4.69, 9.17) is 4.74 Å². The Morgan fingerprint density at radius 3 is 2.58 bits per heavy atom. The van der Waals surface area contributed by atoms with Crippen molar-refractivity contribution in [3.63, 3.8) is 0 Å². The molecule has 1 aliphatic carbocycles. The molecule has 5 heteroatoms. The predicted octanol–water partition coefficient (Wildman–Crippen LogP) is 3.17. The van der Waals surface area contributed by atoms with Gasteiger partial charge in [0.2, 0.25) is 10.0 Å². The van der Waals surface area contributed by atoms with E-state index in [-0.39, 0.29) is 0 Å². The van der Waals surface area contributed by atoms with Crippen molar-refractivity contribution in [2.45, 2.75) is 43.4 Å². The number of fused-ring (bicyclic) bond motifs is 1. The second-order valence-corrected chi connectivity index (χ2v) is 8.75. The van der Waals surface area contributed by atoms with Crippen LogP contribution in [0.5, 0.6) is 0 Å². The maximum atomic E-state index is 12.9. The maximum absolute atomic E-state index is 12.9. The first kappa shape index (κ1) is 17.6. The quantitative estimate of drug-likeness (QED) is 0.585.